The van der Waals surface area contributed by atoms with Crippen LogP contribution in [-0.4, -0.2) is 21.4 Å². The molecule has 0 fully saturated rings. The van der Waals surface area contributed by atoms with E-state index in [1.165, 1.54) is 11.5 Å². The summed E-state index contributed by atoms with van der Waals surface area (Å²) in [5.41, 5.74) is 2.81. The lowest BCUT2D eigenvalue weighted by Crippen LogP contribution is -2.19. The Kier molecular flexibility index (Phi) is 3.03. The highest BCUT2D eigenvalue weighted by Gasteiger charge is 2.15. The molecule has 0 spiro atoms. The molecule has 1 atom stereocenters. The Hall–Kier alpha value is -1.33. The zero-order valence-electron chi connectivity index (χ0n) is 8.64. The van der Waals surface area contributed by atoms with Crippen LogP contribution in [0.5, 0.6) is 0 Å². The molecule has 0 bridgehead atoms. The van der Waals surface area contributed by atoms with Crippen LogP contribution in [0.1, 0.15) is 23.1 Å². The summed E-state index contributed by atoms with van der Waals surface area (Å²) >= 11 is 1.44. The second-order valence-corrected chi connectivity index (χ2v) is 3.89. The van der Waals surface area contributed by atoms with E-state index in [0.29, 0.717) is 0 Å². The first kappa shape index (κ1) is 10.2. The molecule has 0 aliphatic heterocycles. The molecule has 2 rings (SSSR count). The summed E-state index contributed by atoms with van der Waals surface area (Å²) in [4.78, 5) is 8.58. The average Bonchev–Trinajstić information content (AvgIpc) is 2.75. The second kappa shape index (κ2) is 4.46. The number of rotatable bonds is 3. The summed E-state index contributed by atoms with van der Waals surface area (Å²) in [6.07, 6.45) is 3.56. The second-order valence-electron chi connectivity index (χ2n) is 3.23. The number of aromatic nitrogens is 3. The van der Waals surface area contributed by atoms with E-state index >= 15 is 0 Å². The molecule has 0 aliphatic carbocycles. The van der Waals surface area contributed by atoms with Crippen molar-refractivity contribution in [3.05, 3.63) is 40.9 Å². The molecule has 1 N–H and O–H groups in total. The molecule has 0 radical (unpaired) electrons. The number of nitrogens with one attached hydrogen (secondary N) is 1. The minimum atomic E-state index is 0.0318. The zero-order valence-corrected chi connectivity index (χ0v) is 9.45. The van der Waals surface area contributed by atoms with E-state index in [1.807, 2.05) is 25.4 Å². The fourth-order valence-corrected chi connectivity index (χ4v) is 1.92. The van der Waals surface area contributed by atoms with Crippen molar-refractivity contribution in [3.63, 3.8) is 0 Å². The molecule has 78 valence electrons. The van der Waals surface area contributed by atoms with Crippen LogP contribution in [0.3, 0.4) is 0 Å². The lowest BCUT2D eigenvalue weighted by atomic mass is 10.1. The van der Waals surface area contributed by atoms with Gasteiger partial charge in [0, 0.05) is 11.6 Å². The first-order valence-electron chi connectivity index (χ1n) is 4.67. The van der Waals surface area contributed by atoms with Crippen molar-refractivity contribution >= 4 is 11.5 Å². The van der Waals surface area contributed by atoms with Crippen LogP contribution in [0.2, 0.25) is 0 Å². The largest absolute Gasteiger partial charge is 0.307 e. The van der Waals surface area contributed by atoms with Crippen molar-refractivity contribution in [2.75, 3.05) is 7.05 Å². The Morgan fingerprint density at radius 3 is 2.67 bits per heavy atom. The normalized spacial score (nSPS) is 12.7. The van der Waals surface area contributed by atoms with Crippen molar-refractivity contribution in [1.82, 2.24) is 19.7 Å². The van der Waals surface area contributed by atoms with Gasteiger partial charge < -0.3 is 5.32 Å². The highest BCUT2D eigenvalue weighted by molar-refractivity contribution is 7.03. The Morgan fingerprint density at radius 2 is 2.13 bits per heavy atom. The van der Waals surface area contributed by atoms with Gasteiger partial charge in [0.25, 0.3) is 0 Å². The molecule has 0 aromatic carbocycles. The third-order valence-corrected chi connectivity index (χ3v) is 2.71. The average molecular weight is 220 g/mol. The van der Waals surface area contributed by atoms with Crippen LogP contribution in [0, 0.1) is 6.92 Å². The standard InChI is InChI=1S/C10H12N4S/c1-7-5-13-9(6-12-7)10(11-2)8-3-4-15-14-8/h3-6,10-11H,1-2H3. The summed E-state index contributed by atoms with van der Waals surface area (Å²) in [7, 11) is 1.89. The Morgan fingerprint density at radius 1 is 1.27 bits per heavy atom. The molecule has 4 nitrogen and oxygen atoms in total. The van der Waals surface area contributed by atoms with Crippen molar-refractivity contribution in [1.29, 1.82) is 0 Å². The molecule has 2 aromatic rings. The molecular weight excluding hydrogens is 208 g/mol. The van der Waals surface area contributed by atoms with Gasteiger partial charge in [-0.2, -0.15) is 4.37 Å². The summed E-state index contributed by atoms with van der Waals surface area (Å²) in [6.45, 7) is 1.92. The fourth-order valence-electron chi connectivity index (χ4n) is 1.37. The predicted octanol–water partition coefficient (Wildman–Crippen LogP) is 1.55. The van der Waals surface area contributed by atoms with Crippen LogP contribution in [0.4, 0.5) is 0 Å². The van der Waals surface area contributed by atoms with Crippen molar-refractivity contribution in [3.8, 4) is 0 Å². The molecule has 15 heavy (non-hydrogen) atoms. The maximum Gasteiger partial charge on any atom is 0.0949 e. The Labute approximate surface area is 92.6 Å². The van der Waals surface area contributed by atoms with Gasteiger partial charge in [0.15, 0.2) is 0 Å². The van der Waals surface area contributed by atoms with Crippen LogP contribution >= 0.6 is 11.5 Å². The molecule has 0 saturated heterocycles. The fraction of sp³-hybridized carbons (Fsp3) is 0.300. The van der Waals surface area contributed by atoms with Gasteiger partial charge in [-0.1, -0.05) is 0 Å². The lowest BCUT2D eigenvalue weighted by molar-refractivity contribution is 0.653. The van der Waals surface area contributed by atoms with Gasteiger partial charge in [-0.25, -0.2) is 0 Å². The van der Waals surface area contributed by atoms with E-state index in [9.17, 15) is 0 Å². The summed E-state index contributed by atoms with van der Waals surface area (Å²) in [6, 6.07) is 2.03. The van der Waals surface area contributed by atoms with Crippen LogP contribution in [-0.2, 0) is 0 Å². The van der Waals surface area contributed by atoms with Crippen molar-refractivity contribution in [2.45, 2.75) is 13.0 Å². The maximum absolute atomic E-state index is 4.35. The SMILES string of the molecule is CNC(c1cnc(C)cn1)c1ccsn1. The predicted molar refractivity (Wildman–Crippen MR) is 59.8 cm³/mol. The van der Waals surface area contributed by atoms with Gasteiger partial charge >= 0.3 is 0 Å². The van der Waals surface area contributed by atoms with Crippen LogP contribution < -0.4 is 5.32 Å². The van der Waals surface area contributed by atoms with Gasteiger partial charge in [-0.05, 0) is 31.6 Å². The number of aryl methyl sites for hydroxylation is 1. The third-order valence-electron chi connectivity index (χ3n) is 2.14. The van der Waals surface area contributed by atoms with E-state index in [2.05, 4.69) is 19.7 Å². The summed E-state index contributed by atoms with van der Waals surface area (Å²) in [5, 5.41) is 5.14. The van der Waals surface area contributed by atoms with Gasteiger partial charge in [0.1, 0.15) is 0 Å². The van der Waals surface area contributed by atoms with Gasteiger partial charge in [-0.3, -0.25) is 9.97 Å². The molecule has 0 amide bonds. The third kappa shape index (κ3) is 2.19. The molecule has 0 saturated carbocycles. The van der Waals surface area contributed by atoms with Gasteiger partial charge in [0.05, 0.1) is 29.3 Å². The number of nitrogens with zero attached hydrogens (tertiary/aromatic N) is 3. The highest BCUT2D eigenvalue weighted by Crippen LogP contribution is 2.18. The smallest absolute Gasteiger partial charge is 0.0949 e. The van der Waals surface area contributed by atoms with Crippen molar-refractivity contribution in [2.24, 2.45) is 0 Å². The van der Waals surface area contributed by atoms with E-state index < -0.39 is 0 Å². The van der Waals surface area contributed by atoms with Crippen LogP contribution in [0.15, 0.2) is 23.8 Å². The minimum absolute atomic E-state index is 0.0318. The first-order valence-corrected chi connectivity index (χ1v) is 5.51. The monoisotopic (exact) mass is 220 g/mol. The summed E-state index contributed by atoms with van der Waals surface area (Å²) < 4.78 is 4.30. The number of hydrogen-bond acceptors (Lipinski definition) is 5. The van der Waals surface area contributed by atoms with Crippen molar-refractivity contribution < 1.29 is 0 Å². The van der Waals surface area contributed by atoms with E-state index in [0.717, 1.165) is 17.1 Å². The first-order chi connectivity index (χ1) is 7.31. The Bertz CT molecular complexity index is 409. The quantitative estimate of drug-likeness (QED) is 0.852. The summed E-state index contributed by atoms with van der Waals surface area (Å²) in [5.74, 6) is 0. The molecule has 1 unspecified atom stereocenters. The molecule has 2 heterocycles. The zero-order chi connectivity index (χ0) is 10.7. The lowest BCUT2D eigenvalue weighted by Gasteiger charge is -2.12. The molecule has 5 heteroatoms. The highest BCUT2D eigenvalue weighted by atomic mass is 32.1. The van der Waals surface area contributed by atoms with E-state index in [1.54, 1.807) is 12.4 Å². The minimum Gasteiger partial charge on any atom is -0.307 e. The van der Waals surface area contributed by atoms with Gasteiger partial charge in [0.2, 0.25) is 0 Å². The molecule has 2 aromatic heterocycles. The van der Waals surface area contributed by atoms with E-state index in [-0.39, 0.29) is 6.04 Å². The Balaban J connectivity index is 2.31. The van der Waals surface area contributed by atoms with Crippen LogP contribution in [0.25, 0.3) is 0 Å². The number of hydrogen-bond donors (Lipinski definition) is 1. The van der Waals surface area contributed by atoms with Gasteiger partial charge in [-0.15, -0.1) is 0 Å². The maximum atomic E-state index is 4.35. The molecule has 0 aliphatic rings. The topological polar surface area (TPSA) is 50.7 Å². The molecular formula is C10H12N4S. The van der Waals surface area contributed by atoms with E-state index in [4.69, 9.17) is 0 Å².